The Morgan fingerprint density at radius 2 is 1.87 bits per heavy atom. The van der Waals surface area contributed by atoms with Crippen LogP contribution in [0.25, 0.3) is 0 Å². The Bertz CT molecular complexity index is 654. The van der Waals surface area contributed by atoms with E-state index in [9.17, 15) is 4.79 Å². The van der Waals surface area contributed by atoms with Crippen molar-refractivity contribution in [1.82, 2.24) is 10.3 Å². The molecule has 122 valence electrons. The molecule has 1 atom stereocenters. The third kappa shape index (κ3) is 4.81. The highest BCUT2D eigenvalue weighted by molar-refractivity contribution is 5.78. The molecule has 0 bridgehead atoms. The number of amides is 1. The maximum atomic E-state index is 12.1. The number of aryl methyl sites for hydroxylation is 1. The van der Waals surface area contributed by atoms with Crippen LogP contribution < -0.4 is 10.1 Å². The fourth-order valence-corrected chi connectivity index (χ4v) is 2.41. The Morgan fingerprint density at radius 1 is 1.17 bits per heavy atom. The highest BCUT2D eigenvalue weighted by atomic mass is 16.5. The van der Waals surface area contributed by atoms with Gasteiger partial charge in [0, 0.05) is 12.4 Å². The first-order valence-corrected chi connectivity index (χ1v) is 7.90. The summed E-state index contributed by atoms with van der Waals surface area (Å²) >= 11 is 0. The molecule has 23 heavy (non-hydrogen) atoms. The topological polar surface area (TPSA) is 51.2 Å². The van der Waals surface area contributed by atoms with Gasteiger partial charge in [0.05, 0.1) is 6.04 Å². The Kier molecular flexibility index (Phi) is 5.74. The monoisotopic (exact) mass is 312 g/mol. The molecule has 0 aliphatic carbocycles. The fourth-order valence-electron chi connectivity index (χ4n) is 2.41. The second-order valence-electron chi connectivity index (χ2n) is 6.05. The number of hydrogen-bond acceptors (Lipinski definition) is 3. The van der Waals surface area contributed by atoms with Gasteiger partial charge in [-0.25, -0.2) is 0 Å². The molecule has 0 saturated carbocycles. The van der Waals surface area contributed by atoms with Crippen LogP contribution in [0.2, 0.25) is 0 Å². The van der Waals surface area contributed by atoms with Crippen LogP contribution in [0.15, 0.2) is 42.7 Å². The number of hydrogen-bond donors (Lipinski definition) is 1. The van der Waals surface area contributed by atoms with E-state index in [1.165, 1.54) is 0 Å². The molecule has 1 aromatic carbocycles. The Balaban J connectivity index is 1.96. The van der Waals surface area contributed by atoms with Gasteiger partial charge in [-0.2, -0.15) is 0 Å². The summed E-state index contributed by atoms with van der Waals surface area (Å²) in [4.78, 5) is 16.1. The molecule has 0 radical (unpaired) electrons. The van der Waals surface area contributed by atoms with Crippen LogP contribution in [0, 0.1) is 6.92 Å². The van der Waals surface area contributed by atoms with E-state index in [0.717, 1.165) is 22.4 Å². The average molecular weight is 312 g/mol. The number of nitrogens with one attached hydrogen (secondary N) is 1. The second-order valence-corrected chi connectivity index (χ2v) is 6.05. The predicted octanol–water partition coefficient (Wildman–Crippen LogP) is 3.77. The Morgan fingerprint density at radius 3 is 2.52 bits per heavy atom. The van der Waals surface area contributed by atoms with Gasteiger partial charge in [-0.05, 0) is 54.7 Å². The predicted molar refractivity (Wildman–Crippen MR) is 91.6 cm³/mol. The lowest BCUT2D eigenvalue weighted by atomic mass is 10.0. The van der Waals surface area contributed by atoms with E-state index in [-0.39, 0.29) is 18.6 Å². The Labute approximate surface area is 137 Å². The van der Waals surface area contributed by atoms with Crippen molar-refractivity contribution in [3.8, 4) is 5.75 Å². The van der Waals surface area contributed by atoms with Gasteiger partial charge in [0.1, 0.15) is 5.75 Å². The van der Waals surface area contributed by atoms with Crippen LogP contribution >= 0.6 is 0 Å². The van der Waals surface area contributed by atoms with Gasteiger partial charge in [0.15, 0.2) is 6.61 Å². The molecule has 1 heterocycles. The van der Waals surface area contributed by atoms with Crippen LogP contribution in [-0.2, 0) is 4.79 Å². The zero-order chi connectivity index (χ0) is 16.8. The van der Waals surface area contributed by atoms with Crippen LogP contribution in [-0.4, -0.2) is 17.5 Å². The molecule has 1 amide bonds. The minimum absolute atomic E-state index is 0.0125. The summed E-state index contributed by atoms with van der Waals surface area (Å²) in [6.45, 7) is 8.20. The van der Waals surface area contributed by atoms with Gasteiger partial charge in [-0.15, -0.1) is 0 Å². The molecule has 0 fully saturated rings. The molecule has 1 unspecified atom stereocenters. The van der Waals surface area contributed by atoms with Crippen LogP contribution in [0.3, 0.4) is 0 Å². The third-order valence-electron chi connectivity index (χ3n) is 3.73. The fraction of sp³-hybridized carbons (Fsp3) is 0.368. The Hall–Kier alpha value is -2.36. The van der Waals surface area contributed by atoms with Gasteiger partial charge in [0.2, 0.25) is 0 Å². The number of nitrogens with zero attached hydrogens (tertiary/aromatic N) is 1. The SMILES string of the molecule is Cc1ccc(C(C)C)c(OCC(=O)NC(C)c2ccncc2)c1. The first-order chi connectivity index (χ1) is 11.0. The molecule has 0 saturated heterocycles. The smallest absolute Gasteiger partial charge is 0.258 e. The van der Waals surface area contributed by atoms with E-state index >= 15 is 0 Å². The van der Waals surface area contributed by atoms with Crippen molar-refractivity contribution in [2.75, 3.05) is 6.61 Å². The summed E-state index contributed by atoms with van der Waals surface area (Å²) in [6, 6.07) is 9.82. The van der Waals surface area contributed by atoms with E-state index in [4.69, 9.17) is 4.74 Å². The lowest BCUT2D eigenvalue weighted by Gasteiger charge is -2.17. The van der Waals surface area contributed by atoms with Crippen molar-refractivity contribution in [3.05, 3.63) is 59.4 Å². The summed E-state index contributed by atoms with van der Waals surface area (Å²) in [5, 5.41) is 2.94. The number of pyridine rings is 1. The summed E-state index contributed by atoms with van der Waals surface area (Å²) in [6.07, 6.45) is 3.44. The third-order valence-corrected chi connectivity index (χ3v) is 3.73. The van der Waals surface area contributed by atoms with E-state index < -0.39 is 0 Å². The average Bonchev–Trinajstić information content (AvgIpc) is 2.53. The zero-order valence-corrected chi connectivity index (χ0v) is 14.2. The van der Waals surface area contributed by atoms with E-state index in [0.29, 0.717) is 5.92 Å². The van der Waals surface area contributed by atoms with Crippen LogP contribution in [0.4, 0.5) is 0 Å². The molecule has 0 aliphatic heterocycles. The molecular formula is C19H24N2O2. The highest BCUT2D eigenvalue weighted by Crippen LogP contribution is 2.27. The zero-order valence-electron chi connectivity index (χ0n) is 14.2. The number of carbonyl (C=O) groups excluding carboxylic acids is 1. The van der Waals surface area contributed by atoms with Gasteiger partial charge < -0.3 is 10.1 Å². The maximum absolute atomic E-state index is 12.1. The van der Waals surface area contributed by atoms with Gasteiger partial charge in [-0.1, -0.05) is 26.0 Å². The number of rotatable bonds is 6. The van der Waals surface area contributed by atoms with Crippen molar-refractivity contribution in [1.29, 1.82) is 0 Å². The number of carbonyl (C=O) groups is 1. The van der Waals surface area contributed by atoms with Crippen molar-refractivity contribution in [2.24, 2.45) is 0 Å². The van der Waals surface area contributed by atoms with Crippen molar-refractivity contribution >= 4 is 5.91 Å². The van der Waals surface area contributed by atoms with Crippen molar-refractivity contribution in [3.63, 3.8) is 0 Å². The highest BCUT2D eigenvalue weighted by Gasteiger charge is 2.12. The molecule has 1 N–H and O–H groups in total. The van der Waals surface area contributed by atoms with Crippen LogP contribution in [0.1, 0.15) is 49.4 Å². The molecule has 2 rings (SSSR count). The molecule has 0 spiro atoms. The largest absolute Gasteiger partial charge is 0.483 e. The van der Waals surface area contributed by atoms with Gasteiger partial charge in [0.25, 0.3) is 5.91 Å². The van der Waals surface area contributed by atoms with Gasteiger partial charge >= 0.3 is 0 Å². The first-order valence-electron chi connectivity index (χ1n) is 7.90. The lowest BCUT2D eigenvalue weighted by Crippen LogP contribution is -2.31. The summed E-state index contributed by atoms with van der Waals surface area (Å²) in [7, 11) is 0. The van der Waals surface area contributed by atoms with E-state index in [1.54, 1.807) is 12.4 Å². The van der Waals surface area contributed by atoms with Crippen molar-refractivity contribution in [2.45, 2.75) is 39.7 Å². The molecule has 4 nitrogen and oxygen atoms in total. The number of ether oxygens (including phenoxy) is 1. The summed E-state index contributed by atoms with van der Waals surface area (Å²) in [5.74, 6) is 1.00. The molecule has 0 aliphatic rings. The minimum Gasteiger partial charge on any atom is -0.483 e. The molecule has 4 heteroatoms. The van der Waals surface area contributed by atoms with Gasteiger partial charge in [-0.3, -0.25) is 9.78 Å². The quantitative estimate of drug-likeness (QED) is 0.883. The second kappa shape index (κ2) is 7.77. The summed E-state index contributed by atoms with van der Waals surface area (Å²) < 4.78 is 5.75. The number of benzene rings is 1. The number of aromatic nitrogens is 1. The normalized spacial score (nSPS) is 12.0. The summed E-state index contributed by atoms with van der Waals surface area (Å²) in [5.41, 5.74) is 3.26. The van der Waals surface area contributed by atoms with Crippen molar-refractivity contribution < 1.29 is 9.53 Å². The van der Waals surface area contributed by atoms with Crippen LogP contribution in [0.5, 0.6) is 5.75 Å². The molecule has 2 aromatic rings. The first kappa shape index (κ1) is 17.0. The standard InChI is InChI=1S/C19H24N2O2/c1-13(2)17-6-5-14(3)11-18(17)23-12-19(22)21-15(4)16-7-9-20-10-8-16/h5-11,13,15H,12H2,1-4H3,(H,21,22). The lowest BCUT2D eigenvalue weighted by molar-refractivity contribution is -0.123. The maximum Gasteiger partial charge on any atom is 0.258 e. The molecule has 1 aromatic heterocycles. The van der Waals surface area contributed by atoms with E-state index in [1.807, 2.05) is 32.0 Å². The molecular weight excluding hydrogens is 288 g/mol. The minimum atomic E-state index is -0.134. The van der Waals surface area contributed by atoms with E-state index in [2.05, 4.69) is 36.3 Å².